The van der Waals surface area contributed by atoms with Gasteiger partial charge in [0.15, 0.2) is 0 Å². The Morgan fingerprint density at radius 1 is 1.27 bits per heavy atom. The summed E-state index contributed by atoms with van der Waals surface area (Å²) in [5, 5.41) is 0. The van der Waals surface area contributed by atoms with Crippen LogP contribution in [-0.2, 0) is 6.42 Å². The molecule has 0 fully saturated rings. The van der Waals surface area contributed by atoms with Crippen LogP contribution in [0.5, 0.6) is 0 Å². The van der Waals surface area contributed by atoms with Gasteiger partial charge in [0.25, 0.3) is 0 Å². The number of hydrogen-bond acceptors (Lipinski definition) is 1. The van der Waals surface area contributed by atoms with Crippen molar-refractivity contribution in [1.29, 1.82) is 0 Å². The Morgan fingerprint density at radius 2 is 1.93 bits per heavy atom. The third-order valence-corrected chi connectivity index (χ3v) is 3.28. The molecule has 2 unspecified atom stereocenters. The summed E-state index contributed by atoms with van der Waals surface area (Å²) in [6, 6.07) is 5.02. The van der Waals surface area contributed by atoms with E-state index in [1.807, 2.05) is 6.07 Å². The normalized spacial score (nSPS) is 15.0. The highest BCUT2D eigenvalue weighted by Crippen LogP contribution is 2.20. The third kappa shape index (κ3) is 3.92. The van der Waals surface area contributed by atoms with Crippen LogP contribution in [0, 0.1) is 17.7 Å². The molecular formula is C12H17BrFN. The predicted octanol–water partition coefficient (Wildman–Crippen LogP) is 3.36. The van der Waals surface area contributed by atoms with Crippen LogP contribution in [0.1, 0.15) is 19.4 Å². The largest absolute Gasteiger partial charge is 0.330 e. The molecule has 2 N–H and O–H groups in total. The lowest BCUT2D eigenvalue weighted by Gasteiger charge is -2.18. The van der Waals surface area contributed by atoms with Crippen molar-refractivity contribution in [1.82, 2.24) is 0 Å². The van der Waals surface area contributed by atoms with Gasteiger partial charge in [-0.1, -0.05) is 29.8 Å². The van der Waals surface area contributed by atoms with E-state index in [9.17, 15) is 4.39 Å². The van der Waals surface area contributed by atoms with Crippen molar-refractivity contribution in [2.75, 3.05) is 6.54 Å². The maximum Gasteiger partial charge on any atom is 0.124 e. The quantitative estimate of drug-likeness (QED) is 0.895. The fourth-order valence-electron chi connectivity index (χ4n) is 1.53. The molecule has 0 amide bonds. The Hall–Kier alpha value is -0.410. The van der Waals surface area contributed by atoms with E-state index < -0.39 is 0 Å². The van der Waals surface area contributed by atoms with Gasteiger partial charge in [-0.3, -0.25) is 0 Å². The minimum atomic E-state index is -0.188. The second-order valence-electron chi connectivity index (χ2n) is 4.17. The van der Waals surface area contributed by atoms with Crippen LogP contribution in [0.4, 0.5) is 4.39 Å². The second-order valence-corrected chi connectivity index (χ2v) is 5.09. The van der Waals surface area contributed by atoms with Gasteiger partial charge in [-0.15, -0.1) is 0 Å². The van der Waals surface area contributed by atoms with Gasteiger partial charge < -0.3 is 5.73 Å². The Kier molecular flexibility index (Phi) is 4.74. The summed E-state index contributed by atoms with van der Waals surface area (Å²) >= 11 is 3.29. The first kappa shape index (κ1) is 12.7. The SMILES string of the molecule is CC(CN)C(C)Cc1cc(F)cc(Br)c1. The molecule has 0 aliphatic heterocycles. The summed E-state index contributed by atoms with van der Waals surface area (Å²) < 4.78 is 13.9. The van der Waals surface area contributed by atoms with Gasteiger partial charge in [-0.2, -0.15) is 0 Å². The highest BCUT2D eigenvalue weighted by molar-refractivity contribution is 9.10. The van der Waals surface area contributed by atoms with E-state index in [1.54, 1.807) is 6.07 Å². The average Bonchev–Trinajstić information content (AvgIpc) is 2.14. The van der Waals surface area contributed by atoms with Crippen molar-refractivity contribution in [2.45, 2.75) is 20.3 Å². The first-order valence-electron chi connectivity index (χ1n) is 5.18. The Bertz CT molecular complexity index is 307. The molecule has 15 heavy (non-hydrogen) atoms. The number of hydrogen-bond donors (Lipinski definition) is 1. The van der Waals surface area contributed by atoms with Crippen molar-refractivity contribution in [3.63, 3.8) is 0 Å². The maximum absolute atomic E-state index is 13.1. The molecule has 0 aromatic heterocycles. The lowest BCUT2D eigenvalue weighted by molar-refractivity contribution is 0.394. The molecule has 0 aliphatic rings. The fraction of sp³-hybridized carbons (Fsp3) is 0.500. The molecule has 1 aromatic rings. The first-order valence-corrected chi connectivity index (χ1v) is 5.97. The minimum absolute atomic E-state index is 0.188. The molecule has 0 radical (unpaired) electrons. The van der Waals surface area contributed by atoms with Crippen LogP contribution in [0.25, 0.3) is 0 Å². The van der Waals surface area contributed by atoms with E-state index >= 15 is 0 Å². The van der Waals surface area contributed by atoms with Crippen molar-refractivity contribution >= 4 is 15.9 Å². The molecule has 1 aromatic carbocycles. The number of halogens is 2. The van der Waals surface area contributed by atoms with Crippen LogP contribution in [0.15, 0.2) is 22.7 Å². The van der Waals surface area contributed by atoms with Crippen LogP contribution in [0.3, 0.4) is 0 Å². The Labute approximate surface area is 99.0 Å². The minimum Gasteiger partial charge on any atom is -0.330 e. The molecule has 1 rings (SSSR count). The molecular weight excluding hydrogens is 257 g/mol. The van der Waals surface area contributed by atoms with Crippen molar-refractivity contribution in [2.24, 2.45) is 17.6 Å². The molecule has 0 saturated carbocycles. The van der Waals surface area contributed by atoms with Gasteiger partial charge in [-0.25, -0.2) is 4.39 Å². The van der Waals surface area contributed by atoms with Crippen LogP contribution >= 0.6 is 15.9 Å². The highest BCUT2D eigenvalue weighted by Gasteiger charge is 2.11. The topological polar surface area (TPSA) is 26.0 Å². The van der Waals surface area contributed by atoms with E-state index in [4.69, 9.17) is 5.73 Å². The highest BCUT2D eigenvalue weighted by atomic mass is 79.9. The van der Waals surface area contributed by atoms with E-state index in [-0.39, 0.29) is 5.82 Å². The van der Waals surface area contributed by atoms with Gasteiger partial charge >= 0.3 is 0 Å². The Balaban J connectivity index is 2.72. The standard InChI is InChI=1S/C12H17BrFN/c1-8(9(2)7-15)3-10-4-11(13)6-12(14)5-10/h4-6,8-9H,3,7,15H2,1-2H3. The summed E-state index contributed by atoms with van der Waals surface area (Å²) in [5.41, 5.74) is 6.63. The zero-order valence-corrected chi connectivity index (χ0v) is 10.7. The lowest BCUT2D eigenvalue weighted by Crippen LogP contribution is -2.20. The summed E-state index contributed by atoms with van der Waals surface area (Å²) in [6.07, 6.45) is 0.870. The molecule has 84 valence electrons. The van der Waals surface area contributed by atoms with Gasteiger partial charge in [0.05, 0.1) is 0 Å². The Morgan fingerprint density at radius 3 is 2.47 bits per heavy atom. The van der Waals surface area contributed by atoms with Gasteiger partial charge in [0.2, 0.25) is 0 Å². The first-order chi connectivity index (χ1) is 7.02. The van der Waals surface area contributed by atoms with Gasteiger partial charge in [0, 0.05) is 4.47 Å². The van der Waals surface area contributed by atoms with Gasteiger partial charge in [-0.05, 0) is 48.6 Å². The lowest BCUT2D eigenvalue weighted by atomic mass is 9.90. The molecule has 0 bridgehead atoms. The van der Waals surface area contributed by atoms with Gasteiger partial charge in [0.1, 0.15) is 5.82 Å². The van der Waals surface area contributed by atoms with Crippen LogP contribution < -0.4 is 5.73 Å². The van der Waals surface area contributed by atoms with E-state index in [1.165, 1.54) is 6.07 Å². The molecule has 0 heterocycles. The molecule has 0 saturated heterocycles. The van der Waals surface area contributed by atoms with Crippen molar-refractivity contribution < 1.29 is 4.39 Å². The molecule has 3 heteroatoms. The zero-order valence-electron chi connectivity index (χ0n) is 9.13. The van der Waals surface area contributed by atoms with Crippen molar-refractivity contribution in [3.8, 4) is 0 Å². The summed E-state index contributed by atoms with van der Waals surface area (Å²) in [6.45, 7) is 4.95. The molecule has 1 nitrogen and oxygen atoms in total. The molecule has 0 aliphatic carbocycles. The number of rotatable bonds is 4. The number of nitrogens with two attached hydrogens (primary N) is 1. The smallest absolute Gasteiger partial charge is 0.124 e. The van der Waals surface area contributed by atoms with Crippen LogP contribution in [0.2, 0.25) is 0 Å². The monoisotopic (exact) mass is 273 g/mol. The third-order valence-electron chi connectivity index (χ3n) is 2.82. The fourth-order valence-corrected chi connectivity index (χ4v) is 2.05. The molecule has 0 spiro atoms. The van der Waals surface area contributed by atoms with Crippen molar-refractivity contribution in [3.05, 3.63) is 34.1 Å². The number of benzene rings is 1. The predicted molar refractivity (Wildman–Crippen MR) is 65.2 cm³/mol. The second kappa shape index (κ2) is 5.61. The molecule has 2 atom stereocenters. The maximum atomic E-state index is 13.1. The van der Waals surface area contributed by atoms with Crippen LogP contribution in [-0.4, -0.2) is 6.54 Å². The zero-order chi connectivity index (χ0) is 11.4. The van der Waals surface area contributed by atoms with E-state index in [0.717, 1.165) is 16.5 Å². The average molecular weight is 274 g/mol. The van der Waals surface area contributed by atoms with E-state index in [2.05, 4.69) is 29.8 Å². The summed E-state index contributed by atoms with van der Waals surface area (Å²) in [7, 11) is 0. The van der Waals surface area contributed by atoms with E-state index in [0.29, 0.717) is 18.4 Å². The summed E-state index contributed by atoms with van der Waals surface area (Å²) in [4.78, 5) is 0. The summed E-state index contributed by atoms with van der Waals surface area (Å²) in [5.74, 6) is 0.753.